The second-order valence-corrected chi connectivity index (χ2v) is 11.9. The Kier molecular flexibility index (Phi) is 6.42. The maximum atomic E-state index is 14.5. The van der Waals surface area contributed by atoms with E-state index in [4.69, 9.17) is 32.7 Å². The maximum absolute atomic E-state index is 14.5. The summed E-state index contributed by atoms with van der Waals surface area (Å²) in [5.74, 6) is -1.15. The van der Waals surface area contributed by atoms with E-state index in [0.717, 1.165) is 16.8 Å². The molecule has 0 unspecified atom stereocenters. The zero-order valence-electron chi connectivity index (χ0n) is 22.5. The van der Waals surface area contributed by atoms with Crippen LogP contribution in [-0.4, -0.2) is 86.4 Å². The van der Waals surface area contributed by atoms with E-state index in [-0.39, 0.29) is 18.4 Å². The largest absolute Gasteiger partial charge is 0.378 e. The quantitative estimate of drug-likeness (QED) is 0.417. The molecule has 41 heavy (non-hydrogen) atoms. The number of hydrogen-bond donors (Lipinski definition) is 0. The van der Waals surface area contributed by atoms with Crippen LogP contribution in [0.3, 0.4) is 0 Å². The summed E-state index contributed by atoms with van der Waals surface area (Å²) in [6.07, 6.45) is 3.42. The Morgan fingerprint density at radius 3 is 2.61 bits per heavy atom. The van der Waals surface area contributed by atoms with Gasteiger partial charge >= 0.3 is 0 Å². The topological polar surface area (TPSA) is 103 Å². The maximum Gasteiger partial charge on any atom is 0.230 e. The number of tetrazole rings is 1. The number of hydrogen-bond acceptors (Lipinski definition) is 7. The fourth-order valence-electron chi connectivity index (χ4n) is 6.86. The van der Waals surface area contributed by atoms with Crippen molar-refractivity contribution in [2.45, 2.75) is 31.6 Å². The molecule has 2 bridgehead atoms. The summed E-state index contributed by atoms with van der Waals surface area (Å²) < 4.78 is 13.6. The molecule has 0 aliphatic carbocycles. The number of benzene rings is 2. The van der Waals surface area contributed by atoms with Crippen molar-refractivity contribution in [3.05, 3.63) is 81.1 Å². The van der Waals surface area contributed by atoms with Crippen LogP contribution in [0.15, 0.2) is 48.6 Å². The molecule has 10 nitrogen and oxygen atoms in total. The Morgan fingerprint density at radius 1 is 1.12 bits per heavy atom. The van der Waals surface area contributed by atoms with Crippen LogP contribution in [0.25, 0.3) is 5.69 Å². The number of carbonyl (C=O) groups excluding carboxylic acids is 2. The van der Waals surface area contributed by atoms with Crippen LogP contribution < -0.4 is 0 Å². The Labute approximate surface area is 246 Å². The number of aromatic nitrogens is 4. The molecule has 12 heteroatoms. The third-order valence-corrected chi connectivity index (χ3v) is 9.26. The van der Waals surface area contributed by atoms with Crippen molar-refractivity contribution in [1.29, 1.82) is 0 Å². The summed E-state index contributed by atoms with van der Waals surface area (Å²) in [5, 5.41) is 13.7. The second-order valence-electron chi connectivity index (χ2n) is 11.1. The summed E-state index contributed by atoms with van der Waals surface area (Å²) in [4.78, 5) is 31.8. The molecule has 1 spiro atoms. The highest BCUT2D eigenvalue weighted by molar-refractivity contribution is 6.35. The number of morpholine rings is 1. The molecule has 3 fully saturated rings. The molecule has 3 saturated heterocycles. The van der Waals surface area contributed by atoms with Gasteiger partial charge < -0.3 is 19.3 Å². The van der Waals surface area contributed by atoms with Crippen molar-refractivity contribution in [2.24, 2.45) is 11.8 Å². The minimum absolute atomic E-state index is 0.0776. The molecule has 2 aromatic carbocycles. The van der Waals surface area contributed by atoms with E-state index in [1.54, 1.807) is 32.7 Å². The molecule has 4 aliphatic rings. The number of halogens is 2. The van der Waals surface area contributed by atoms with Crippen molar-refractivity contribution in [1.82, 2.24) is 30.0 Å². The number of fused-ring (bicyclic) bond motifs is 1. The van der Waals surface area contributed by atoms with Crippen molar-refractivity contribution in [3.8, 4) is 5.69 Å². The SMILES string of the molecule is Cc1cccc(C)c1-n1nnnc1[C@@H](c1ccc(Cl)cc1Cl)N1C[C@@]23C=C[C@@H](O2)[C@@H](C(=O)N2CCOCC2)[C@H]3C1=O. The van der Waals surface area contributed by atoms with Crippen molar-refractivity contribution in [3.63, 3.8) is 0 Å². The summed E-state index contributed by atoms with van der Waals surface area (Å²) in [6.45, 7) is 6.15. The number of amides is 2. The van der Waals surface area contributed by atoms with Crippen molar-refractivity contribution in [2.75, 3.05) is 32.8 Å². The normalized spacial score (nSPS) is 27.5. The minimum Gasteiger partial charge on any atom is -0.378 e. The van der Waals surface area contributed by atoms with Gasteiger partial charge in [-0.3, -0.25) is 9.59 Å². The first-order valence-corrected chi connectivity index (χ1v) is 14.4. The third kappa shape index (κ3) is 4.11. The molecule has 7 rings (SSSR count). The highest BCUT2D eigenvalue weighted by atomic mass is 35.5. The van der Waals surface area contributed by atoms with Crippen LogP contribution in [0.5, 0.6) is 0 Å². The molecule has 3 aromatic rings. The predicted molar refractivity (Wildman–Crippen MR) is 150 cm³/mol. The summed E-state index contributed by atoms with van der Waals surface area (Å²) >= 11 is 13.1. The Morgan fingerprint density at radius 2 is 1.88 bits per heavy atom. The van der Waals surface area contributed by atoms with E-state index in [9.17, 15) is 9.59 Å². The van der Waals surface area contributed by atoms with Crippen LogP contribution in [0.4, 0.5) is 0 Å². The van der Waals surface area contributed by atoms with Crippen LogP contribution in [0.1, 0.15) is 28.6 Å². The van der Waals surface area contributed by atoms with E-state index < -0.39 is 29.6 Å². The lowest BCUT2D eigenvalue weighted by atomic mass is 9.76. The lowest BCUT2D eigenvalue weighted by Crippen LogP contribution is -2.49. The second kappa shape index (κ2) is 9.90. The lowest BCUT2D eigenvalue weighted by molar-refractivity contribution is -0.146. The number of carbonyl (C=O) groups is 2. The molecular weight excluding hydrogens is 567 g/mol. The average molecular weight is 595 g/mol. The standard InChI is InChI=1S/C29H28Cl2N6O4/c1-16-4-3-5-17(2)24(16)37-26(32-33-34-37)25(19-7-6-18(30)14-20(19)31)36-15-29-9-8-21(41-29)22(23(29)28(36)39)27(38)35-10-12-40-13-11-35/h3-9,14,21-23,25H,10-13,15H2,1-2H3/t21-,22-,23+,25-,29-/m1/s1. The molecule has 5 atom stereocenters. The Hall–Kier alpha value is -3.31. The molecule has 0 radical (unpaired) electrons. The monoisotopic (exact) mass is 594 g/mol. The zero-order chi connectivity index (χ0) is 28.5. The van der Waals surface area contributed by atoms with E-state index >= 15 is 0 Å². The number of para-hydroxylation sites is 1. The molecule has 0 saturated carbocycles. The van der Waals surface area contributed by atoms with E-state index in [1.807, 2.05) is 44.2 Å². The summed E-state index contributed by atoms with van der Waals surface area (Å²) in [5.41, 5.74) is 2.47. The molecule has 0 N–H and O–H groups in total. The zero-order valence-corrected chi connectivity index (χ0v) is 24.0. The van der Waals surface area contributed by atoms with Gasteiger partial charge in [-0.25, -0.2) is 0 Å². The van der Waals surface area contributed by atoms with Gasteiger partial charge in [-0.1, -0.05) is 59.6 Å². The van der Waals surface area contributed by atoms with Gasteiger partial charge in [0.15, 0.2) is 5.82 Å². The van der Waals surface area contributed by atoms with Gasteiger partial charge in [0.2, 0.25) is 11.8 Å². The highest BCUT2D eigenvalue weighted by Gasteiger charge is 2.68. The smallest absolute Gasteiger partial charge is 0.230 e. The van der Waals surface area contributed by atoms with Crippen molar-refractivity contribution < 1.29 is 19.1 Å². The van der Waals surface area contributed by atoms with E-state index in [2.05, 4.69) is 15.5 Å². The first kappa shape index (κ1) is 26.6. The number of aryl methyl sites for hydroxylation is 2. The number of rotatable bonds is 5. The Balaban J connectivity index is 1.34. The van der Waals surface area contributed by atoms with E-state index in [1.165, 1.54) is 0 Å². The number of likely N-dealkylation sites (tertiary alicyclic amines) is 1. The Bertz CT molecular complexity index is 1570. The molecule has 212 valence electrons. The van der Waals surface area contributed by atoms with Crippen LogP contribution in [0, 0.1) is 25.7 Å². The third-order valence-electron chi connectivity index (χ3n) is 8.70. The van der Waals surface area contributed by atoms with Gasteiger partial charge in [0.25, 0.3) is 0 Å². The average Bonchev–Trinajstić information content (AvgIpc) is 3.72. The van der Waals surface area contributed by atoms with Gasteiger partial charge in [0.05, 0.1) is 43.4 Å². The predicted octanol–water partition coefficient (Wildman–Crippen LogP) is 3.32. The van der Waals surface area contributed by atoms with Gasteiger partial charge in [0.1, 0.15) is 11.6 Å². The van der Waals surface area contributed by atoms with Gasteiger partial charge in [-0.2, -0.15) is 4.68 Å². The number of nitrogens with zero attached hydrogens (tertiary/aromatic N) is 6. The first-order chi connectivity index (χ1) is 19.8. The molecule has 2 amide bonds. The molecular formula is C29H28Cl2N6O4. The fourth-order valence-corrected chi connectivity index (χ4v) is 7.37. The fraction of sp³-hybridized carbons (Fsp3) is 0.414. The van der Waals surface area contributed by atoms with Crippen LogP contribution >= 0.6 is 23.2 Å². The van der Waals surface area contributed by atoms with Crippen LogP contribution in [0.2, 0.25) is 10.0 Å². The van der Waals surface area contributed by atoms with Gasteiger partial charge in [-0.05, 0) is 47.5 Å². The van der Waals surface area contributed by atoms with Gasteiger partial charge in [0, 0.05) is 28.7 Å². The van der Waals surface area contributed by atoms with E-state index in [0.29, 0.717) is 47.7 Å². The highest BCUT2D eigenvalue weighted by Crippen LogP contribution is 2.54. The van der Waals surface area contributed by atoms with Gasteiger partial charge in [-0.15, -0.1) is 5.10 Å². The first-order valence-electron chi connectivity index (χ1n) is 13.6. The number of ether oxygens (including phenoxy) is 2. The lowest BCUT2D eigenvalue weighted by Gasteiger charge is -2.33. The minimum atomic E-state index is -0.928. The molecule has 5 heterocycles. The summed E-state index contributed by atoms with van der Waals surface area (Å²) in [6, 6.07) is 10.4. The van der Waals surface area contributed by atoms with Crippen molar-refractivity contribution >= 4 is 35.0 Å². The molecule has 4 aliphatic heterocycles. The summed E-state index contributed by atoms with van der Waals surface area (Å²) in [7, 11) is 0. The van der Waals surface area contributed by atoms with Crippen LogP contribution in [-0.2, 0) is 19.1 Å². The molecule has 1 aromatic heterocycles.